The van der Waals surface area contributed by atoms with Crippen LogP contribution >= 0.6 is 32.1 Å². The summed E-state index contributed by atoms with van der Waals surface area (Å²) in [5.41, 5.74) is 2.76. The number of rotatable bonds is 1. The first-order valence-corrected chi connectivity index (χ1v) is 9.28. The molecule has 0 saturated carbocycles. The number of aliphatic imine (C=N–C) groups is 1. The molecular weight excluding hydrogens is 432 g/mol. The second kappa shape index (κ2) is 5.43. The van der Waals surface area contributed by atoms with E-state index in [0.717, 1.165) is 26.4 Å². The summed E-state index contributed by atoms with van der Waals surface area (Å²) in [6.07, 6.45) is 1.90. The molecule has 0 fully saturated rings. The number of fused-ring (bicyclic) bond motifs is 2. The molecule has 0 N–H and O–H groups in total. The van der Waals surface area contributed by atoms with Crippen LogP contribution in [0, 0.1) is 0 Å². The van der Waals surface area contributed by atoms with E-state index in [1.54, 1.807) is 9.44 Å². The Morgan fingerprint density at radius 3 is 2.91 bits per heavy atom. The predicted octanol–water partition coefficient (Wildman–Crippen LogP) is 2.94. The third-order valence-electron chi connectivity index (χ3n) is 3.57. The molecule has 0 bridgehead atoms. The average molecular weight is 442 g/mol. The Balaban J connectivity index is 1.87. The van der Waals surface area contributed by atoms with Gasteiger partial charge in [0.1, 0.15) is 17.4 Å². The van der Waals surface area contributed by atoms with Gasteiger partial charge in [-0.15, -0.1) is 5.10 Å². The lowest BCUT2D eigenvalue weighted by molar-refractivity contribution is 0.431. The number of halogens is 2. The Bertz CT molecular complexity index is 815. The summed E-state index contributed by atoms with van der Waals surface area (Å²) in [5, 5.41) is 7.00. The first-order valence-electron chi connectivity index (χ1n) is 6.56. The SMILES string of the molecule is O=S1C=CC2=C1N1CN(Br)N=C1C(c1ccccc1Br)=NC2. The van der Waals surface area contributed by atoms with Crippen LogP contribution in [0.5, 0.6) is 0 Å². The fourth-order valence-electron chi connectivity index (χ4n) is 2.61. The van der Waals surface area contributed by atoms with Crippen molar-refractivity contribution in [3.05, 3.63) is 56.4 Å². The molecule has 4 rings (SSSR count). The fourth-order valence-corrected chi connectivity index (χ4v) is 4.63. The van der Waals surface area contributed by atoms with E-state index in [1.807, 2.05) is 35.2 Å². The van der Waals surface area contributed by atoms with Gasteiger partial charge < -0.3 is 0 Å². The number of amidine groups is 1. The highest BCUT2D eigenvalue weighted by molar-refractivity contribution is 9.10. The van der Waals surface area contributed by atoms with Crippen LogP contribution < -0.4 is 0 Å². The number of nitrogens with zero attached hydrogens (tertiary/aromatic N) is 4. The van der Waals surface area contributed by atoms with E-state index in [2.05, 4.69) is 37.2 Å². The second-order valence-electron chi connectivity index (χ2n) is 4.90. The van der Waals surface area contributed by atoms with Gasteiger partial charge in [0, 0.05) is 21.0 Å². The monoisotopic (exact) mass is 440 g/mol. The molecule has 3 heterocycles. The van der Waals surface area contributed by atoms with Gasteiger partial charge in [-0.05, 0) is 12.1 Å². The van der Waals surface area contributed by atoms with Crippen LogP contribution in [-0.2, 0) is 10.8 Å². The van der Waals surface area contributed by atoms with Gasteiger partial charge in [0.15, 0.2) is 5.84 Å². The molecule has 22 heavy (non-hydrogen) atoms. The van der Waals surface area contributed by atoms with E-state index in [4.69, 9.17) is 4.99 Å². The first-order chi connectivity index (χ1) is 10.6. The number of hydrogen-bond acceptors (Lipinski definition) is 5. The van der Waals surface area contributed by atoms with Gasteiger partial charge in [-0.25, -0.2) is 8.24 Å². The second-order valence-corrected chi connectivity index (χ2v) is 7.83. The molecule has 0 aromatic heterocycles. The van der Waals surface area contributed by atoms with Crippen molar-refractivity contribution >= 4 is 54.4 Å². The number of hydrazone groups is 1. The zero-order valence-electron chi connectivity index (χ0n) is 11.2. The maximum atomic E-state index is 12.3. The van der Waals surface area contributed by atoms with E-state index >= 15 is 0 Å². The molecule has 0 amide bonds. The van der Waals surface area contributed by atoms with Crippen molar-refractivity contribution < 1.29 is 4.21 Å². The number of hydrogen-bond donors (Lipinski definition) is 0. The van der Waals surface area contributed by atoms with Gasteiger partial charge in [0.25, 0.3) is 0 Å². The molecule has 0 spiro atoms. The van der Waals surface area contributed by atoms with Crippen molar-refractivity contribution in [2.75, 3.05) is 13.2 Å². The van der Waals surface area contributed by atoms with Crippen molar-refractivity contribution in [2.24, 2.45) is 10.1 Å². The van der Waals surface area contributed by atoms with Gasteiger partial charge in [0.05, 0.1) is 33.5 Å². The third kappa shape index (κ3) is 2.21. The van der Waals surface area contributed by atoms with E-state index < -0.39 is 10.8 Å². The minimum atomic E-state index is -1.14. The standard InChI is InChI=1S/C14H10Br2N4OS/c15-11-4-2-1-3-10(11)12-13-18-20(16)8-19(13)14-9(7-17-12)5-6-22(14)21/h1-6H,7-8H2. The summed E-state index contributed by atoms with van der Waals surface area (Å²) >= 11 is 6.96. The normalized spacial score (nSPS) is 23.3. The molecule has 0 radical (unpaired) electrons. The van der Waals surface area contributed by atoms with E-state index in [-0.39, 0.29) is 0 Å². The van der Waals surface area contributed by atoms with E-state index in [9.17, 15) is 4.21 Å². The zero-order chi connectivity index (χ0) is 15.3. The molecule has 8 heteroatoms. The average Bonchev–Trinajstić information content (AvgIpc) is 3.00. The topological polar surface area (TPSA) is 48.3 Å². The molecule has 0 saturated heterocycles. The van der Waals surface area contributed by atoms with Crippen molar-refractivity contribution in [1.82, 2.24) is 8.93 Å². The molecule has 1 atom stereocenters. The molecule has 1 aromatic carbocycles. The quantitative estimate of drug-likeness (QED) is 0.629. The lowest BCUT2D eigenvalue weighted by Gasteiger charge is -2.20. The maximum absolute atomic E-state index is 12.3. The van der Waals surface area contributed by atoms with Gasteiger partial charge in [-0.2, -0.15) is 0 Å². The summed E-state index contributed by atoms with van der Waals surface area (Å²) in [6.45, 7) is 1.01. The smallest absolute Gasteiger partial charge is 0.182 e. The molecule has 112 valence electrons. The molecular formula is C14H10Br2N4OS. The maximum Gasteiger partial charge on any atom is 0.182 e. The predicted molar refractivity (Wildman–Crippen MR) is 94.8 cm³/mol. The Morgan fingerprint density at radius 1 is 1.27 bits per heavy atom. The molecule has 3 aliphatic rings. The van der Waals surface area contributed by atoms with Crippen molar-refractivity contribution in [1.29, 1.82) is 0 Å². The van der Waals surface area contributed by atoms with Crippen molar-refractivity contribution in [3.63, 3.8) is 0 Å². The molecule has 1 aromatic rings. The van der Waals surface area contributed by atoms with Gasteiger partial charge in [-0.1, -0.05) is 34.1 Å². The van der Waals surface area contributed by atoms with Gasteiger partial charge in [-0.3, -0.25) is 9.89 Å². The van der Waals surface area contributed by atoms with Crippen molar-refractivity contribution in [2.45, 2.75) is 0 Å². The van der Waals surface area contributed by atoms with Crippen LogP contribution in [0.25, 0.3) is 0 Å². The van der Waals surface area contributed by atoms with Crippen LogP contribution in [0.4, 0.5) is 0 Å². The summed E-state index contributed by atoms with van der Waals surface area (Å²) in [5.74, 6) is 0.714. The highest BCUT2D eigenvalue weighted by atomic mass is 79.9. The molecule has 5 nitrogen and oxygen atoms in total. The highest BCUT2D eigenvalue weighted by Crippen LogP contribution is 2.32. The summed E-state index contributed by atoms with van der Waals surface area (Å²) in [7, 11) is -1.14. The minimum Gasteiger partial charge on any atom is -0.294 e. The summed E-state index contributed by atoms with van der Waals surface area (Å²) < 4.78 is 14.9. The highest BCUT2D eigenvalue weighted by Gasteiger charge is 2.36. The summed E-state index contributed by atoms with van der Waals surface area (Å²) in [6, 6.07) is 7.92. The third-order valence-corrected chi connectivity index (χ3v) is 5.89. The Labute approximate surface area is 147 Å². The van der Waals surface area contributed by atoms with E-state index in [0.29, 0.717) is 19.0 Å². The van der Waals surface area contributed by atoms with E-state index in [1.165, 1.54) is 0 Å². The lowest BCUT2D eigenvalue weighted by atomic mass is 10.1. The van der Waals surface area contributed by atoms with Crippen LogP contribution in [0.1, 0.15) is 5.56 Å². The Kier molecular flexibility index (Phi) is 3.54. The minimum absolute atomic E-state index is 0.505. The van der Waals surface area contributed by atoms with Crippen LogP contribution in [0.15, 0.2) is 60.9 Å². The fraction of sp³-hybridized carbons (Fsp3) is 0.143. The molecule has 0 aliphatic carbocycles. The van der Waals surface area contributed by atoms with Gasteiger partial charge in [0.2, 0.25) is 0 Å². The van der Waals surface area contributed by atoms with Gasteiger partial charge >= 0.3 is 0 Å². The largest absolute Gasteiger partial charge is 0.294 e. The Hall–Kier alpha value is -1.25. The van der Waals surface area contributed by atoms with Crippen LogP contribution in [0.3, 0.4) is 0 Å². The summed E-state index contributed by atoms with van der Waals surface area (Å²) in [4.78, 5) is 6.70. The van der Waals surface area contributed by atoms with Crippen LogP contribution in [-0.4, -0.2) is 37.9 Å². The zero-order valence-corrected chi connectivity index (χ0v) is 15.2. The molecule has 3 aliphatic heterocycles. The molecule has 1 unspecified atom stereocenters. The Morgan fingerprint density at radius 2 is 2.09 bits per heavy atom. The lowest BCUT2D eigenvalue weighted by Crippen LogP contribution is -2.34. The van der Waals surface area contributed by atoms with Crippen LogP contribution in [0.2, 0.25) is 0 Å². The first kappa shape index (κ1) is 14.3. The number of benzene rings is 1. The van der Waals surface area contributed by atoms with Crippen molar-refractivity contribution in [3.8, 4) is 0 Å².